The molecule has 6 heteroatoms. The molecule has 6 nitrogen and oxygen atoms in total. The number of pyridine rings is 2. The van der Waals surface area contributed by atoms with E-state index < -0.39 is 0 Å². The minimum absolute atomic E-state index is 0.530. The Bertz CT molecular complexity index is 1060. The Morgan fingerprint density at radius 3 is 2.76 bits per heavy atom. The Morgan fingerprint density at radius 1 is 1.16 bits per heavy atom. The van der Waals surface area contributed by atoms with Gasteiger partial charge >= 0.3 is 0 Å². The Labute approximate surface area is 144 Å². The van der Waals surface area contributed by atoms with Crippen molar-refractivity contribution in [3.8, 4) is 22.4 Å². The van der Waals surface area contributed by atoms with Crippen molar-refractivity contribution in [3.63, 3.8) is 0 Å². The number of rotatable bonds is 3. The van der Waals surface area contributed by atoms with Crippen LogP contribution in [0.25, 0.3) is 33.4 Å². The van der Waals surface area contributed by atoms with Crippen LogP contribution in [0.15, 0.2) is 43.0 Å². The molecule has 5 rings (SSSR count). The quantitative estimate of drug-likeness (QED) is 0.533. The number of fused-ring (bicyclic) bond motifs is 1. The normalized spacial score (nSPS) is 19.4. The lowest BCUT2D eigenvalue weighted by Gasteiger charge is -2.11. The molecule has 124 valence electrons. The molecule has 1 aliphatic carbocycles. The topological polar surface area (TPSA) is 96.3 Å². The van der Waals surface area contributed by atoms with Crippen molar-refractivity contribution in [1.82, 2.24) is 25.1 Å². The van der Waals surface area contributed by atoms with Crippen LogP contribution in [-0.2, 0) is 0 Å². The molecule has 4 aromatic rings. The fraction of sp³-hybridized carbons (Fsp3) is 0.211. The van der Waals surface area contributed by atoms with Crippen LogP contribution in [0.2, 0.25) is 0 Å². The minimum Gasteiger partial charge on any atom is -0.384 e. The van der Waals surface area contributed by atoms with Gasteiger partial charge in [0.25, 0.3) is 0 Å². The Balaban J connectivity index is 1.78. The first-order valence-electron chi connectivity index (χ1n) is 8.43. The van der Waals surface area contributed by atoms with E-state index in [0.29, 0.717) is 17.7 Å². The Morgan fingerprint density at radius 2 is 2.04 bits per heavy atom. The molecule has 0 amide bonds. The van der Waals surface area contributed by atoms with Gasteiger partial charge in [0.2, 0.25) is 0 Å². The van der Waals surface area contributed by atoms with Crippen LogP contribution in [0.4, 0.5) is 5.82 Å². The predicted molar refractivity (Wildman–Crippen MR) is 97.8 cm³/mol. The van der Waals surface area contributed by atoms with E-state index in [0.717, 1.165) is 27.9 Å². The first-order valence-corrected chi connectivity index (χ1v) is 8.43. The molecule has 0 radical (unpaired) electrons. The molecule has 25 heavy (non-hydrogen) atoms. The maximum absolute atomic E-state index is 5.94. The highest BCUT2D eigenvalue weighted by molar-refractivity contribution is 5.98. The number of anilines is 1. The van der Waals surface area contributed by atoms with E-state index in [1.54, 1.807) is 12.4 Å². The predicted octanol–water partition coefficient (Wildman–Crippen LogP) is 3.72. The van der Waals surface area contributed by atoms with E-state index in [4.69, 9.17) is 5.73 Å². The van der Waals surface area contributed by atoms with Gasteiger partial charge in [0.05, 0.1) is 11.9 Å². The Hall–Kier alpha value is -3.15. The number of nitrogens with one attached hydrogen (secondary N) is 2. The van der Waals surface area contributed by atoms with Gasteiger partial charge < -0.3 is 10.7 Å². The second kappa shape index (κ2) is 5.17. The lowest BCUT2D eigenvalue weighted by molar-refractivity contribution is 0.912. The molecule has 0 saturated heterocycles. The van der Waals surface area contributed by atoms with Crippen molar-refractivity contribution >= 4 is 16.9 Å². The zero-order chi connectivity index (χ0) is 17.0. The molecule has 4 heterocycles. The molecule has 1 unspecified atom stereocenters. The largest absolute Gasteiger partial charge is 0.384 e. The molecule has 0 bridgehead atoms. The molecule has 1 aliphatic rings. The molecular weight excluding hydrogens is 312 g/mol. The lowest BCUT2D eigenvalue weighted by Crippen LogP contribution is -1.95. The van der Waals surface area contributed by atoms with Gasteiger partial charge in [-0.1, -0.05) is 6.92 Å². The van der Waals surface area contributed by atoms with Gasteiger partial charge in [-0.05, 0) is 53.1 Å². The second-order valence-electron chi connectivity index (χ2n) is 6.81. The second-order valence-corrected chi connectivity index (χ2v) is 6.81. The van der Waals surface area contributed by atoms with Crippen molar-refractivity contribution in [1.29, 1.82) is 0 Å². The van der Waals surface area contributed by atoms with E-state index in [9.17, 15) is 0 Å². The SMILES string of the molecule is CC1C[C@@H]1c1cnc2[nH]c(-c3cn[nH]c3)cc2c1-c1ccnc(N)c1. The third-order valence-corrected chi connectivity index (χ3v) is 5.08. The van der Waals surface area contributed by atoms with Crippen LogP contribution in [0.5, 0.6) is 0 Å². The van der Waals surface area contributed by atoms with Crippen LogP contribution in [0.1, 0.15) is 24.8 Å². The van der Waals surface area contributed by atoms with Gasteiger partial charge in [0.1, 0.15) is 11.5 Å². The van der Waals surface area contributed by atoms with Crippen LogP contribution < -0.4 is 5.73 Å². The zero-order valence-electron chi connectivity index (χ0n) is 13.8. The van der Waals surface area contributed by atoms with Crippen LogP contribution in [0.3, 0.4) is 0 Å². The number of aromatic amines is 2. The summed E-state index contributed by atoms with van der Waals surface area (Å²) in [6.07, 6.45) is 8.66. The van der Waals surface area contributed by atoms with Gasteiger partial charge in [-0.2, -0.15) is 5.10 Å². The summed E-state index contributed by atoms with van der Waals surface area (Å²) >= 11 is 0. The maximum atomic E-state index is 5.94. The number of nitrogen functional groups attached to an aromatic ring is 1. The number of nitrogens with zero attached hydrogens (tertiary/aromatic N) is 3. The molecule has 0 aromatic carbocycles. The van der Waals surface area contributed by atoms with Gasteiger partial charge in [0.15, 0.2) is 0 Å². The summed E-state index contributed by atoms with van der Waals surface area (Å²) in [5.74, 6) is 1.79. The monoisotopic (exact) mass is 330 g/mol. The first-order chi connectivity index (χ1) is 12.2. The van der Waals surface area contributed by atoms with Crippen LogP contribution >= 0.6 is 0 Å². The molecule has 4 N–H and O–H groups in total. The summed E-state index contributed by atoms with van der Waals surface area (Å²) in [6.45, 7) is 2.29. The lowest BCUT2D eigenvalue weighted by atomic mass is 9.95. The van der Waals surface area contributed by atoms with E-state index in [1.165, 1.54) is 17.5 Å². The summed E-state index contributed by atoms with van der Waals surface area (Å²) in [5.41, 5.74) is 12.4. The molecule has 1 saturated carbocycles. The van der Waals surface area contributed by atoms with Crippen LogP contribution in [-0.4, -0.2) is 25.1 Å². The third kappa shape index (κ3) is 2.29. The number of hydrogen-bond donors (Lipinski definition) is 3. The van der Waals surface area contributed by atoms with Gasteiger partial charge in [-0.3, -0.25) is 5.10 Å². The summed E-state index contributed by atoms with van der Waals surface area (Å²) < 4.78 is 0. The van der Waals surface area contributed by atoms with Gasteiger partial charge in [-0.15, -0.1) is 0 Å². The third-order valence-electron chi connectivity index (χ3n) is 5.08. The summed E-state index contributed by atoms with van der Waals surface area (Å²) in [5, 5.41) is 8.00. The summed E-state index contributed by atoms with van der Waals surface area (Å²) in [7, 11) is 0. The van der Waals surface area contributed by atoms with Crippen molar-refractivity contribution in [2.75, 3.05) is 5.73 Å². The summed E-state index contributed by atoms with van der Waals surface area (Å²) in [6, 6.07) is 6.11. The number of nitrogens with two attached hydrogens (primary N) is 1. The average molecular weight is 330 g/mol. The van der Waals surface area contributed by atoms with E-state index in [-0.39, 0.29) is 0 Å². The van der Waals surface area contributed by atoms with Crippen molar-refractivity contribution in [2.24, 2.45) is 5.92 Å². The first kappa shape index (κ1) is 14.2. The highest BCUT2D eigenvalue weighted by Gasteiger charge is 2.36. The van der Waals surface area contributed by atoms with E-state index in [2.05, 4.69) is 38.1 Å². The molecule has 4 aromatic heterocycles. The van der Waals surface area contributed by atoms with E-state index in [1.807, 2.05) is 24.5 Å². The summed E-state index contributed by atoms with van der Waals surface area (Å²) in [4.78, 5) is 12.2. The molecule has 2 atom stereocenters. The van der Waals surface area contributed by atoms with Crippen molar-refractivity contribution < 1.29 is 0 Å². The molecule has 0 aliphatic heterocycles. The standard InChI is InChI=1S/C19H18N6/c1-10-4-13(10)15-9-22-19-14(6-16(25-19)12-7-23-24-8-12)18(15)11-2-3-21-17(20)5-11/h2-3,5-10,13H,4H2,1H3,(H2,20,21)(H,22,25)(H,23,24)/t10?,13-/m0/s1. The van der Waals surface area contributed by atoms with E-state index >= 15 is 0 Å². The fourth-order valence-electron chi connectivity index (χ4n) is 3.61. The molecule has 1 fully saturated rings. The number of hydrogen-bond acceptors (Lipinski definition) is 4. The fourth-order valence-corrected chi connectivity index (χ4v) is 3.61. The Kier molecular flexibility index (Phi) is 2.94. The highest BCUT2D eigenvalue weighted by Crippen LogP contribution is 2.51. The average Bonchev–Trinajstić information content (AvgIpc) is 3.05. The maximum Gasteiger partial charge on any atom is 0.138 e. The van der Waals surface area contributed by atoms with Crippen LogP contribution in [0, 0.1) is 5.92 Å². The zero-order valence-corrected chi connectivity index (χ0v) is 13.8. The van der Waals surface area contributed by atoms with Crippen molar-refractivity contribution in [3.05, 3.63) is 48.5 Å². The van der Waals surface area contributed by atoms with Gasteiger partial charge in [-0.25, -0.2) is 9.97 Å². The minimum atomic E-state index is 0.530. The smallest absolute Gasteiger partial charge is 0.138 e. The van der Waals surface area contributed by atoms with Gasteiger partial charge in [0, 0.05) is 29.5 Å². The molecular formula is C19H18N6. The highest BCUT2D eigenvalue weighted by atomic mass is 15.1. The van der Waals surface area contributed by atoms with Crippen molar-refractivity contribution in [2.45, 2.75) is 19.3 Å². The molecule has 0 spiro atoms. The number of H-pyrrole nitrogens is 2. The number of aromatic nitrogens is 5.